The number of hydrogen-bond acceptors (Lipinski definition) is 3. The number of carboxylic acid groups (broad SMARTS) is 1. The first kappa shape index (κ1) is 11.2. The van der Waals surface area contributed by atoms with Gasteiger partial charge in [-0.05, 0) is 36.6 Å². The Hall–Kier alpha value is -2.28. The summed E-state index contributed by atoms with van der Waals surface area (Å²) in [5.74, 6) is -1.06. The largest absolute Gasteiger partial charge is 0.550 e. The lowest BCUT2D eigenvalue weighted by atomic mass is 10.1. The number of carbonyl (C=O) groups excluding carboxylic acids is 1. The quantitative estimate of drug-likeness (QED) is 0.776. The van der Waals surface area contributed by atoms with Gasteiger partial charge in [0.2, 0.25) is 0 Å². The Balaban J connectivity index is 2.48. The Morgan fingerprint density at radius 3 is 2.94 bits per heavy atom. The molecule has 2 aromatic rings. The van der Waals surface area contributed by atoms with Crippen LogP contribution in [0, 0.1) is 11.3 Å². The van der Waals surface area contributed by atoms with Crippen LogP contribution in [0.5, 0.6) is 0 Å². The maximum Gasteiger partial charge on any atom is 0.0991 e. The second-order valence-corrected chi connectivity index (χ2v) is 3.98. The maximum absolute atomic E-state index is 10.5. The van der Waals surface area contributed by atoms with E-state index in [9.17, 15) is 9.90 Å². The molecule has 1 aromatic carbocycles. The highest BCUT2D eigenvalue weighted by atomic mass is 16.4. The van der Waals surface area contributed by atoms with Crippen molar-refractivity contribution in [1.82, 2.24) is 4.57 Å². The molecule has 0 saturated carbocycles. The highest BCUT2D eigenvalue weighted by Crippen LogP contribution is 2.23. The normalized spacial score (nSPS) is 10.4. The standard InChI is InChI=1S/C13H12N2O2/c1-15-8-10(3-5-13(16)17)11-6-9(7-14)2-4-12(11)15/h2,4,6,8H,3,5H2,1H3,(H,16,17)/p-1. The third kappa shape index (κ3) is 2.13. The van der Waals surface area contributed by atoms with Crippen LogP contribution in [-0.2, 0) is 18.3 Å². The predicted octanol–water partition coefficient (Wildman–Crippen LogP) is 0.732. The Morgan fingerprint density at radius 1 is 1.53 bits per heavy atom. The zero-order valence-electron chi connectivity index (χ0n) is 9.43. The van der Waals surface area contributed by atoms with Crippen LogP contribution in [0.4, 0.5) is 0 Å². The zero-order valence-corrected chi connectivity index (χ0v) is 9.43. The van der Waals surface area contributed by atoms with Gasteiger partial charge in [-0.2, -0.15) is 5.26 Å². The van der Waals surface area contributed by atoms with Gasteiger partial charge in [0.05, 0.1) is 11.6 Å². The minimum Gasteiger partial charge on any atom is -0.550 e. The summed E-state index contributed by atoms with van der Waals surface area (Å²) in [6.45, 7) is 0. The number of rotatable bonds is 3. The molecular formula is C13H11N2O2-. The number of hydrogen-bond donors (Lipinski definition) is 0. The van der Waals surface area contributed by atoms with E-state index in [1.165, 1.54) is 0 Å². The number of carboxylic acids is 1. The first-order valence-corrected chi connectivity index (χ1v) is 5.29. The highest BCUT2D eigenvalue weighted by Gasteiger charge is 2.07. The molecule has 0 bridgehead atoms. The molecule has 86 valence electrons. The molecule has 17 heavy (non-hydrogen) atoms. The van der Waals surface area contributed by atoms with Gasteiger partial charge in [0.25, 0.3) is 0 Å². The van der Waals surface area contributed by atoms with E-state index in [2.05, 4.69) is 6.07 Å². The third-order valence-corrected chi connectivity index (χ3v) is 2.80. The van der Waals surface area contributed by atoms with Gasteiger partial charge in [-0.3, -0.25) is 0 Å². The molecule has 0 spiro atoms. The minimum absolute atomic E-state index is 0.00407. The number of fused-ring (bicyclic) bond motifs is 1. The van der Waals surface area contributed by atoms with E-state index in [4.69, 9.17) is 5.26 Å². The van der Waals surface area contributed by atoms with Gasteiger partial charge in [0.15, 0.2) is 0 Å². The van der Waals surface area contributed by atoms with Gasteiger partial charge in [-0.1, -0.05) is 0 Å². The molecular weight excluding hydrogens is 216 g/mol. The van der Waals surface area contributed by atoms with E-state index in [0.717, 1.165) is 16.5 Å². The van der Waals surface area contributed by atoms with Crippen LogP contribution in [0.2, 0.25) is 0 Å². The summed E-state index contributed by atoms with van der Waals surface area (Å²) in [6.07, 6.45) is 2.32. The molecule has 0 radical (unpaired) electrons. The Labute approximate surface area is 98.7 Å². The third-order valence-electron chi connectivity index (χ3n) is 2.80. The molecule has 1 heterocycles. The van der Waals surface area contributed by atoms with Gasteiger partial charge in [0, 0.05) is 30.1 Å². The molecule has 2 rings (SSSR count). The summed E-state index contributed by atoms with van der Waals surface area (Å²) >= 11 is 0. The van der Waals surface area contributed by atoms with E-state index >= 15 is 0 Å². The van der Waals surface area contributed by atoms with Crippen LogP contribution in [-0.4, -0.2) is 10.5 Å². The SMILES string of the molecule is Cn1cc(CCC(=O)[O-])c2cc(C#N)ccc21. The zero-order chi connectivity index (χ0) is 12.4. The average molecular weight is 227 g/mol. The number of aryl methyl sites for hydroxylation is 2. The van der Waals surface area contributed by atoms with Crippen LogP contribution in [0.25, 0.3) is 10.9 Å². The van der Waals surface area contributed by atoms with Gasteiger partial charge in [-0.25, -0.2) is 0 Å². The minimum atomic E-state index is -1.06. The molecule has 0 aliphatic heterocycles. The van der Waals surface area contributed by atoms with Crippen LogP contribution in [0.1, 0.15) is 17.5 Å². The summed E-state index contributed by atoms with van der Waals surface area (Å²) in [6, 6.07) is 7.50. The maximum atomic E-state index is 10.5. The lowest BCUT2D eigenvalue weighted by Crippen LogP contribution is -2.22. The number of benzene rings is 1. The Morgan fingerprint density at radius 2 is 2.29 bits per heavy atom. The van der Waals surface area contributed by atoms with Crippen molar-refractivity contribution >= 4 is 16.9 Å². The monoisotopic (exact) mass is 227 g/mol. The number of aromatic nitrogens is 1. The fourth-order valence-electron chi connectivity index (χ4n) is 1.98. The fourth-order valence-corrected chi connectivity index (χ4v) is 1.98. The molecule has 0 amide bonds. The van der Waals surface area contributed by atoms with Crippen molar-refractivity contribution in [2.75, 3.05) is 0 Å². The van der Waals surface area contributed by atoms with Crippen LogP contribution < -0.4 is 5.11 Å². The first-order valence-electron chi connectivity index (χ1n) is 5.29. The molecule has 0 unspecified atom stereocenters. The lowest BCUT2D eigenvalue weighted by Gasteiger charge is -2.00. The average Bonchev–Trinajstić information content (AvgIpc) is 2.63. The molecule has 0 atom stereocenters. The molecule has 0 N–H and O–H groups in total. The van der Waals surface area contributed by atoms with Gasteiger partial charge >= 0.3 is 0 Å². The van der Waals surface area contributed by atoms with E-state index in [1.54, 1.807) is 12.1 Å². The van der Waals surface area contributed by atoms with Crippen molar-refractivity contribution < 1.29 is 9.90 Å². The second-order valence-electron chi connectivity index (χ2n) is 3.98. The highest BCUT2D eigenvalue weighted by molar-refractivity contribution is 5.85. The van der Waals surface area contributed by atoms with Crippen LogP contribution >= 0.6 is 0 Å². The lowest BCUT2D eigenvalue weighted by molar-refractivity contribution is -0.305. The molecule has 0 fully saturated rings. The smallest absolute Gasteiger partial charge is 0.0991 e. The van der Waals surface area contributed by atoms with Crippen molar-refractivity contribution in [1.29, 1.82) is 5.26 Å². The summed E-state index contributed by atoms with van der Waals surface area (Å²) in [4.78, 5) is 10.5. The van der Waals surface area contributed by atoms with Crippen molar-refractivity contribution in [2.45, 2.75) is 12.8 Å². The van der Waals surface area contributed by atoms with Crippen molar-refractivity contribution in [3.63, 3.8) is 0 Å². The van der Waals surface area contributed by atoms with Gasteiger partial charge in [0.1, 0.15) is 0 Å². The van der Waals surface area contributed by atoms with E-state index in [-0.39, 0.29) is 6.42 Å². The summed E-state index contributed by atoms with van der Waals surface area (Å²) in [5.41, 5.74) is 2.51. The Bertz CT molecular complexity index is 620. The molecule has 0 aliphatic rings. The molecule has 1 aromatic heterocycles. The Kier molecular flexibility index (Phi) is 2.84. The van der Waals surface area contributed by atoms with Crippen molar-refractivity contribution in [3.05, 3.63) is 35.5 Å². The van der Waals surface area contributed by atoms with Gasteiger partial charge < -0.3 is 14.5 Å². The van der Waals surface area contributed by atoms with E-state index < -0.39 is 5.97 Å². The molecule has 4 nitrogen and oxygen atoms in total. The number of aliphatic carboxylic acids is 1. The van der Waals surface area contributed by atoms with Gasteiger partial charge in [-0.15, -0.1) is 0 Å². The number of nitrogens with zero attached hydrogens (tertiary/aromatic N) is 2. The van der Waals surface area contributed by atoms with E-state index in [0.29, 0.717) is 12.0 Å². The summed E-state index contributed by atoms with van der Waals surface area (Å²) in [7, 11) is 1.90. The van der Waals surface area contributed by atoms with E-state index in [1.807, 2.05) is 23.9 Å². The van der Waals surface area contributed by atoms with Crippen LogP contribution in [0.3, 0.4) is 0 Å². The number of carbonyl (C=O) groups is 1. The summed E-state index contributed by atoms with van der Waals surface area (Å²) in [5, 5.41) is 20.3. The number of nitriles is 1. The topological polar surface area (TPSA) is 68.8 Å². The van der Waals surface area contributed by atoms with Crippen LogP contribution in [0.15, 0.2) is 24.4 Å². The molecule has 0 saturated heterocycles. The second kappa shape index (κ2) is 4.30. The first-order chi connectivity index (χ1) is 8.11. The van der Waals surface area contributed by atoms with Crippen molar-refractivity contribution in [3.8, 4) is 6.07 Å². The van der Waals surface area contributed by atoms with Crippen molar-refractivity contribution in [2.24, 2.45) is 7.05 Å². The predicted molar refractivity (Wildman–Crippen MR) is 61.0 cm³/mol. The molecule has 0 aliphatic carbocycles. The molecule has 4 heteroatoms. The summed E-state index contributed by atoms with van der Waals surface area (Å²) < 4.78 is 1.93. The fraction of sp³-hybridized carbons (Fsp3) is 0.231.